The molecule has 2 heterocycles. The van der Waals surface area contributed by atoms with Gasteiger partial charge in [0, 0.05) is 25.9 Å². The number of carbonyl (C=O) groups excluding carboxylic acids is 6. The number of esters is 2. The predicted molar refractivity (Wildman–Crippen MR) is 169 cm³/mol. The number of amides is 4. The summed E-state index contributed by atoms with van der Waals surface area (Å²) in [4.78, 5) is 79.1. The molecule has 1 aromatic rings. The van der Waals surface area contributed by atoms with E-state index in [4.69, 9.17) is 9.47 Å². The predicted octanol–water partition coefficient (Wildman–Crippen LogP) is 0.962. The number of methoxy groups -OCH3 is 1. The Labute approximate surface area is 283 Å². The van der Waals surface area contributed by atoms with E-state index >= 15 is 0 Å². The van der Waals surface area contributed by atoms with E-state index < -0.39 is 59.8 Å². The molecule has 0 aromatic heterocycles. The average Bonchev–Trinajstić information content (AvgIpc) is 3.51. The van der Waals surface area contributed by atoms with Crippen molar-refractivity contribution < 1.29 is 58.5 Å². The molecule has 270 valence electrons. The zero-order valence-corrected chi connectivity index (χ0v) is 27.7. The van der Waals surface area contributed by atoms with E-state index in [1.807, 2.05) is 0 Å². The molecule has 0 aliphatic carbocycles. The number of nitrogens with one attached hydrogen (secondary N) is 2. The van der Waals surface area contributed by atoms with E-state index in [0.29, 0.717) is 35.0 Å². The lowest BCUT2D eigenvalue weighted by Crippen LogP contribution is -2.48. The second kappa shape index (κ2) is 19.3. The van der Waals surface area contributed by atoms with E-state index in [1.54, 1.807) is 18.2 Å². The van der Waals surface area contributed by atoms with E-state index in [-0.39, 0.29) is 76.3 Å². The number of aliphatic imine (C=N–C) groups is 1. The van der Waals surface area contributed by atoms with Gasteiger partial charge in [-0.15, -0.1) is 0 Å². The van der Waals surface area contributed by atoms with Crippen LogP contribution in [-0.2, 0) is 43.0 Å². The first-order chi connectivity index (χ1) is 23.4. The molecule has 2 aliphatic rings. The van der Waals surface area contributed by atoms with Gasteiger partial charge in [-0.05, 0) is 64.0 Å². The molecule has 1 fully saturated rings. The minimum absolute atomic E-state index is 0.0315. The number of phenolic OH excluding ortho intramolecular Hbond substituents is 1. The van der Waals surface area contributed by atoms with Gasteiger partial charge in [0.25, 0.3) is 5.91 Å². The van der Waals surface area contributed by atoms with Crippen molar-refractivity contribution in [1.29, 1.82) is 0 Å². The molecule has 2 aliphatic heterocycles. The van der Waals surface area contributed by atoms with Crippen molar-refractivity contribution in [3.05, 3.63) is 29.8 Å². The first-order valence-corrected chi connectivity index (χ1v) is 16.2. The highest BCUT2D eigenvalue weighted by Gasteiger charge is 2.33. The molecule has 1 saturated heterocycles. The summed E-state index contributed by atoms with van der Waals surface area (Å²) in [5, 5.41) is 36.3. The Morgan fingerprint density at radius 2 is 1.88 bits per heavy atom. The Kier molecular flexibility index (Phi) is 15.2. The molecule has 49 heavy (non-hydrogen) atoms. The number of nitrogens with zero attached hydrogens (tertiary/aromatic N) is 3. The molecule has 0 bridgehead atoms. The molecule has 17 heteroatoms. The smallest absolute Gasteiger partial charge is 0.328 e. The molecule has 3 rings (SSSR count). The van der Waals surface area contributed by atoms with Crippen molar-refractivity contribution in [2.24, 2.45) is 4.99 Å². The molecule has 0 radical (unpaired) electrons. The molecule has 4 amide bonds. The number of hydrogen-bond acceptors (Lipinski definition) is 13. The zero-order valence-electron chi connectivity index (χ0n) is 27.7. The number of para-hydroxylation sites is 1. The third-order valence-electron chi connectivity index (χ3n) is 7.88. The number of hydroxylamine groups is 4. The van der Waals surface area contributed by atoms with Gasteiger partial charge in [-0.1, -0.05) is 12.1 Å². The summed E-state index contributed by atoms with van der Waals surface area (Å²) in [6.45, 7) is 1.44. The fraction of sp³-hybridized carbons (Fsp3) is 0.594. The van der Waals surface area contributed by atoms with Crippen molar-refractivity contribution in [1.82, 2.24) is 20.8 Å². The van der Waals surface area contributed by atoms with E-state index in [9.17, 15) is 44.3 Å². The number of benzene rings is 1. The maximum absolute atomic E-state index is 13.3. The number of hydrogen-bond donors (Lipinski definition) is 5. The number of rotatable bonds is 17. The van der Waals surface area contributed by atoms with Crippen molar-refractivity contribution in [3.63, 3.8) is 0 Å². The number of aromatic hydroxyl groups is 1. The van der Waals surface area contributed by atoms with Crippen LogP contribution in [0.2, 0.25) is 0 Å². The molecular weight excluding hydrogens is 646 g/mol. The van der Waals surface area contributed by atoms with Gasteiger partial charge < -0.3 is 30.0 Å². The molecule has 0 saturated carbocycles. The molecule has 17 nitrogen and oxygen atoms in total. The number of phenols is 1. The van der Waals surface area contributed by atoms with E-state index in [0.717, 1.165) is 0 Å². The Hall–Kier alpha value is -4.77. The van der Waals surface area contributed by atoms with Gasteiger partial charge in [0.1, 0.15) is 30.5 Å². The number of ether oxygens (including phenoxy) is 3. The average molecular weight is 692 g/mol. The Balaban J connectivity index is 1.58. The van der Waals surface area contributed by atoms with E-state index in [1.165, 1.54) is 20.1 Å². The molecule has 4 atom stereocenters. The highest BCUT2D eigenvalue weighted by Crippen LogP contribution is 2.21. The van der Waals surface area contributed by atoms with Gasteiger partial charge in [-0.25, -0.2) is 19.9 Å². The monoisotopic (exact) mass is 691 g/mol. The summed E-state index contributed by atoms with van der Waals surface area (Å²) >= 11 is 0. The summed E-state index contributed by atoms with van der Waals surface area (Å²) in [6.07, 6.45) is 1.05. The first kappa shape index (κ1) is 38.7. The minimum atomic E-state index is -1.20. The van der Waals surface area contributed by atoms with Crippen LogP contribution in [0.15, 0.2) is 29.3 Å². The van der Waals surface area contributed by atoms with Crippen molar-refractivity contribution in [2.45, 2.75) is 95.4 Å². The quantitative estimate of drug-likeness (QED) is 0.0665. The van der Waals surface area contributed by atoms with Crippen LogP contribution in [0.3, 0.4) is 0 Å². The van der Waals surface area contributed by atoms with Crippen molar-refractivity contribution >= 4 is 41.5 Å². The van der Waals surface area contributed by atoms with Crippen LogP contribution in [0.1, 0.15) is 76.7 Å². The largest absolute Gasteiger partial charge is 0.507 e. The molecule has 1 aromatic carbocycles. The first-order valence-electron chi connectivity index (χ1n) is 16.2. The van der Waals surface area contributed by atoms with Crippen molar-refractivity contribution in [2.75, 3.05) is 26.8 Å². The molecular formula is C32H45N5O12. The van der Waals surface area contributed by atoms with Crippen LogP contribution in [0.4, 0.5) is 0 Å². The van der Waals surface area contributed by atoms with Gasteiger partial charge >= 0.3 is 11.9 Å². The van der Waals surface area contributed by atoms with E-state index in [2.05, 4.69) is 20.4 Å². The molecule has 0 spiro atoms. The van der Waals surface area contributed by atoms with Crippen LogP contribution in [0.5, 0.6) is 5.75 Å². The Morgan fingerprint density at radius 1 is 1.12 bits per heavy atom. The fourth-order valence-corrected chi connectivity index (χ4v) is 5.17. The fourth-order valence-electron chi connectivity index (χ4n) is 5.17. The lowest BCUT2D eigenvalue weighted by molar-refractivity contribution is -0.167. The number of carbonyl (C=O) groups is 6. The second-order valence-corrected chi connectivity index (χ2v) is 11.8. The summed E-state index contributed by atoms with van der Waals surface area (Å²) in [5.74, 6) is -3.76. The van der Waals surface area contributed by atoms with Gasteiger partial charge in [-0.2, -0.15) is 0 Å². The maximum Gasteiger partial charge on any atom is 0.328 e. The molecule has 0 unspecified atom stereocenters. The zero-order chi connectivity index (χ0) is 35.9. The topological polar surface area (TPSA) is 234 Å². The Bertz CT molecular complexity index is 1370. The van der Waals surface area contributed by atoms with Crippen LogP contribution < -0.4 is 10.6 Å². The van der Waals surface area contributed by atoms with Crippen LogP contribution >= 0.6 is 0 Å². The van der Waals surface area contributed by atoms with Gasteiger partial charge in [0.15, 0.2) is 6.04 Å². The molecule has 5 N–H and O–H groups in total. The van der Waals surface area contributed by atoms with Crippen LogP contribution in [0.25, 0.3) is 0 Å². The van der Waals surface area contributed by atoms with Gasteiger partial charge in [-0.3, -0.25) is 34.4 Å². The maximum atomic E-state index is 13.3. The minimum Gasteiger partial charge on any atom is -0.507 e. The highest BCUT2D eigenvalue weighted by molar-refractivity contribution is 6.00. The third-order valence-corrected chi connectivity index (χ3v) is 7.88. The van der Waals surface area contributed by atoms with Gasteiger partial charge in [0.05, 0.1) is 19.1 Å². The Morgan fingerprint density at radius 3 is 2.61 bits per heavy atom. The van der Waals surface area contributed by atoms with Crippen LogP contribution in [0, 0.1) is 0 Å². The summed E-state index contributed by atoms with van der Waals surface area (Å²) in [5.41, 5.74) is 0.298. The standard InChI is InChI=1S/C32H45N5O12/c1-20(18-26(39)33-22-11-5-8-17-37(46)31(22)43)49-32(44)23(12-6-7-16-36(45)27(40)14-9-15-28(41)47-2)34-29(42)24-19-48-30(35-24)21-10-3-4-13-25(21)38/h3-4,10,13,20,22-24,38,45-46H,5-9,11-12,14-19H2,1-2H3,(H,33,39)(H,34,42)/t20-,22-,23-,24-/m0/s1. The summed E-state index contributed by atoms with van der Waals surface area (Å²) in [7, 11) is 1.24. The lowest BCUT2D eigenvalue weighted by atomic mass is 10.1. The third kappa shape index (κ3) is 12.3. The van der Waals surface area contributed by atoms with Gasteiger partial charge in [0.2, 0.25) is 23.6 Å². The summed E-state index contributed by atoms with van der Waals surface area (Å²) < 4.78 is 15.5. The SMILES string of the molecule is COC(=O)CCCC(=O)N(O)CCCC[C@H](NC(=O)[C@@H]1COC(c2ccccc2O)=N1)C(=O)O[C@@H](C)CC(=O)N[C@H]1CCCCN(O)C1=O. The second-order valence-electron chi connectivity index (χ2n) is 11.8. The lowest BCUT2D eigenvalue weighted by Gasteiger charge is -2.23. The highest BCUT2D eigenvalue weighted by atomic mass is 16.5. The van der Waals surface area contributed by atoms with Crippen molar-refractivity contribution in [3.8, 4) is 5.75 Å². The number of unbranched alkanes of at least 4 members (excludes halogenated alkanes) is 1. The normalized spacial score (nSPS) is 18.7. The van der Waals surface area contributed by atoms with Crippen LogP contribution in [-0.4, -0.2) is 118 Å². The summed E-state index contributed by atoms with van der Waals surface area (Å²) in [6, 6.07) is 3.17.